The molecule has 0 unspecified atom stereocenters. The Bertz CT molecular complexity index is 2300. The number of hydrogen-bond donors (Lipinski definition) is 0. The third kappa shape index (κ3) is 10.9. The molecule has 8 rings (SSSR count). The zero-order valence-electron chi connectivity index (χ0n) is 35.3. The topological polar surface area (TPSA) is 0 Å². The van der Waals surface area contributed by atoms with Gasteiger partial charge in [-0.3, -0.25) is 0 Å². The molecule has 0 aliphatic rings. The summed E-state index contributed by atoms with van der Waals surface area (Å²) >= 11 is -0.826. The summed E-state index contributed by atoms with van der Waals surface area (Å²) in [5.41, 5.74) is 16.3. The van der Waals surface area contributed by atoms with Crippen LogP contribution in [0.15, 0.2) is 158 Å². The van der Waals surface area contributed by atoms with Gasteiger partial charge in [0.15, 0.2) is 0 Å². The maximum absolute atomic E-state index is 4.93. The van der Waals surface area contributed by atoms with Gasteiger partial charge in [0.1, 0.15) is 0 Å². The number of rotatable bonds is 8. The van der Waals surface area contributed by atoms with E-state index in [4.69, 9.17) is 17.0 Å². The summed E-state index contributed by atoms with van der Waals surface area (Å²) < 4.78 is 0. The van der Waals surface area contributed by atoms with Crippen molar-refractivity contribution in [2.45, 2.75) is 79.3 Å². The van der Waals surface area contributed by atoms with Crippen molar-refractivity contribution in [1.29, 1.82) is 0 Å². The molecule has 0 fully saturated rings. The fourth-order valence-electron chi connectivity index (χ4n) is 7.72. The first-order valence-corrected chi connectivity index (χ1v) is 28.8. The molecule has 0 amide bonds. The van der Waals surface area contributed by atoms with Crippen LogP contribution in [0.4, 0.5) is 0 Å². The fourth-order valence-corrected chi connectivity index (χ4v) is 7.72. The van der Waals surface area contributed by atoms with Crippen LogP contribution >= 0.6 is 17.0 Å². The van der Waals surface area contributed by atoms with Crippen molar-refractivity contribution in [3.05, 3.63) is 180 Å². The van der Waals surface area contributed by atoms with E-state index >= 15 is 0 Å². The number of hydrogen-bond acceptors (Lipinski definition) is 0. The SMILES string of the molecule is CCc1ccccc1-c1c(-c2ccccc2)ccc2[cH-]c(C(C)C)cc12.CCc1ccccc1-c1c(-c2ccccc2)ccc2[cH-]c(C(C)C)cc12.C[Si]C.[Cl][Zr+2][Cl]. The number of fused-ring (bicyclic) bond motifs is 2. The molecule has 0 spiro atoms. The van der Waals surface area contributed by atoms with Crippen LogP contribution in [0, 0.1) is 0 Å². The molecule has 0 aromatic heterocycles. The zero-order valence-corrected chi connectivity index (χ0v) is 40.3. The Morgan fingerprint density at radius 2 is 0.810 bits per heavy atom. The number of benzene rings is 6. The summed E-state index contributed by atoms with van der Waals surface area (Å²) in [6, 6.07) is 57.9. The molecular formula is C54H56Cl2SiZr. The zero-order chi connectivity index (χ0) is 41.6. The van der Waals surface area contributed by atoms with Gasteiger partial charge in [-0.05, 0) is 69.2 Å². The van der Waals surface area contributed by atoms with Crippen molar-refractivity contribution < 1.29 is 20.8 Å². The fraction of sp³-hybridized carbons (Fsp3) is 0.222. The van der Waals surface area contributed by atoms with Crippen molar-refractivity contribution in [3.8, 4) is 44.5 Å². The van der Waals surface area contributed by atoms with Crippen molar-refractivity contribution >= 4 is 48.1 Å². The van der Waals surface area contributed by atoms with E-state index in [9.17, 15) is 0 Å². The number of halogens is 2. The summed E-state index contributed by atoms with van der Waals surface area (Å²) in [5.74, 6) is 1.08. The van der Waals surface area contributed by atoms with Gasteiger partial charge in [-0.1, -0.05) is 187 Å². The van der Waals surface area contributed by atoms with Crippen LogP contribution in [-0.2, 0) is 33.7 Å². The molecule has 2 radical (unpaired) electrons. The van der Waals surface area contributed by atoms with Gasteiger partial charge >= 0.3 is 37.9 Å². The molecule has 0 saturated carbocycles. The summed E-state index contributed by atoms with van der Waals surface area (Å²) in [6.45, 7) is 17.9. The molecule has 8 aromatic rings. The van der Waals surface area contributed by atoms with Crippen molar-refractivity contribution in [2.75, 3.05) is 0 Å². The van der Waals surface area contributed by atoms with Crippen LogP contribution in [-0.4, -0.2) is 9.52 Å². The van der Waals surface area contributed by atoms with E-state index in [0.29, 0.717) is 11.8 Å². The van der Waals surface area contributed by atoms with E-state index in [-0.39, 0.29) is 0 Å². The van der Waals surface area contributed by atoms with Gasteiger partial charge in [0.2, 0.25) is 0 Å². The third-order valence-corrected chi connectivity index (χ3v) is 10.7. The first-order chi connectivity index (χ1) is 28.2. The summed E-state index contributed by atoms with van der Waals surface area (Å²) in [5, 5.41) is 5.43. The second kappa shape index (κ2) is 22.6. The van der Waals surface area contributed by atoms with Crippen LogP contribution in [0.2, 0.25) is 13.1 Å². The molecule has 58 heavy (non-hydrogen) atoms. The first kappa shape index (κ1) is 45.3. The molecule has 0 N–H and O–H groups in total. The molecule has 0 bridgehead atoms. The first-order valence-electron chi connectivity index (χ1n) is 20.5. The van der Waals surface area contributed by atoms with Gasteiger partial charge < -0.3 is 0 Å². The quantitative estimate of drug-likeness (QED) is 0.105. The van der Waals surface area contributed by atoms with E-state index in [2.05, 4.69) is 212 Å². The predicted molar refractivity (Wildman–Crippen MR) is 257 cm³/mol. The van der Waals surface area contributed by atoms with Crippen LogP contribution in [0.1, 0.15) is 75.6 Å². The Balaban J connectivity index is 0.000000195. The van der Waals surface area contributed by atoms with Gasteiger partial charge in [-0.15, -0.1) is 56.9 Å². The van der Waals surface area contributed by atoms with Crippen molar-refractivity contribution in [3.63, 3.8) is 0 Å². The van der Waals surface area contributed by atoms with E-state index in [1.807, 2.05) is 0 Å². The molecule has 0 aliphatic heterocycles. The molecule has 0 aliphatic carbocycles. The van der Waals surface area contributed by atoms with Gasteiger partial charge in [0, 0.05) is 9.52 Å². The summed E-state index contributed by atoms with van der Waals surface area (Å²) in [6.07, 6.45) is 2.08. The average Bonchev–Trinajstić information content (AvgIpc) is 3.90. The van der Waals surface area contributed by atoms with Crippen LogP contribution in [0.25, 0.3) is 66.1 Å². The van der Waals surface area contributed by atoms with Gasteiger partial charge in [-0.25, -0.2) is 0 Å². The standard InChI is InChI=1S/2C26H25.C2H6Si.2ClH.Zr/c2*1-4-19-10-8-9-13-23(19)26-24(20-11-6-5-7-12-20)15-14-21-16-22(18(2)3)17-25(21)26;1-3-2;;;/h2*5-18H,4H2,1-3H3;1-2H3;2*1H;/q2*-1;;;;+4/p-2. The average molecular weight is 895 g/mol. The Labute approximate surface area is 369 Å². The van der Waals surface area contributed by atoms with E-state index in [1.54, 1.807) is 0 Å². The van der Waals surface area contributed by atoms with Crippen molar-refractivity contribution in [2.24, 2.45) is 0 Å². The van der Waals surface area contributed by atoms with Crippen LogP contribution in [0.5, 0.6) is 0 Å². The molecule has 0 nitrogen and oxygen atoms in total. The monoisotopic (exact) mass is 892 g/mol. The van der Waals surface area contributed by atoms with Gasteiger partial charge in [0.05, 0.1) is 0 Å². The maximum atomic E-state index is 4.93. The second-order valence-corrected chi connectivity index (χ2v) is 19.9. The molecular weight excluding hydrogens is 839 g/mol. The Morgan fingerprint density at radius 3 is 1.14 bits per heavy atom. The summed E-state index contributed by atoms with van der Waals surface area (Å²) in [4.78, 5) is 0. The molecule has 4 heteroatoms. The van der Waals surface area contributed by atoms with Gasteiger partial charge in [-0.2, -0.15) is 12.1 Å². The van der Waals surface area contributed by atoms with Crippen LogP contribution in [0.3, 0.4) is 0 Å². The van der Waals surface area contributed by atoms with Crippen LogP contribution < -0.4 is 0 Å². The van der Waals surface area contributed by atoms with E-state index in [0.717, 1.165) is 22.4 Å². The minimum absolute atomic E-state index is 0.539. The Kier molecular flexibility index (Phi) is 17.6. The minimum atomic E-state index is -0.826. The normalized spacial score (nSPS) is 10.7. The second-order valence-electron chi connectivity index (χ2n) is 15.2. The predicted octanol–water partition coefficient (Wildman–Crippen LogP) is 17.3. The molecule has 0 atom stereocenters. The Hall–Kier alpha value is -3.78. The Morgan fingerprint density at radius 1 is 0.483 bits per heavy atom. The molecule has 0 saturated heterocycles. The van der Waals surface area contributed by atoms with E-state index in [1.165, 1.54) is 88.3 Å². The van der Waals surface area contributed by atoms with E-state index < -0.39 is 20.8 Å². The number of aryl methyl sites for hydroxylation is 2. The molecule has 8 aromatic carbocycles. The molecule has 0 heterocycles. The van der Waals surface area contributed by atoms with Crippen molar-refractivity contribution in [1.82, 2.24) is 0 Å². The van der Waals surface area contributed by atoms with Gasteiger partial charge in [0.25, 0.3) is 0 Å². The summed E-state index contributed by atoms with van der Waals surface area (Å²) in [7, 11) is 11.0. The third-order valence-electron chi connectivity index (χ3n) is 10.7. The molecule has 294 valence electrons.